The van der Waals surface area contributed by atoms with Gasteiger partial charge in [0.2, 0.25) is 11.7 Å². The highest BCUT2D eigenvalue weighted by Crippen LogP contribution is 2.31. The number of hydrogen-bond donors (Lipinski definition) is 0. The van der Waals surface area contributed by atoms with Gasteiger partial charge in [-0.15, -0.1) is 0 Å². The topological polar surface area (TPSA) is 59.2 Å². The van der Waals surface area contributed by atoms with Gasteiger partial charge in [0, 0.05) is 24.6 Å². The van der Waals surface area contributed by atoms with Crippen LogP contribution in [0.25, 0.3) is 11.4 Å². The third-order valence-electron chi connectivity index (χ3n) is 3.84. The number of rotatable bonds is 5. The molecule has 2 aromatic rings. The summed E-state index contributed by atoms with van der Waals surface area (Å²) in [6.45, 7) is 2.33. The highest BCUT2D eigenvalue weighted by Gasteiger charge is 2.38. The normalized spacial score (nSPS) is 14.7. The molecule has 0 aliphatic heterocycles. The van der Waals surface area contributed by atoms with Crippen molar-refractivity contribution in [2.75, 3.05) is 0 Å². The molecule has 0 N–H and O–H groups in total. The molecule has 1 aromatic heterocycles. The van der Waals surface area contributed by atoms with E-state index in [4.69, 9.17) is 0 Å². The first kappa shape index (κ1) is 16.5. The Kier molecular flexibility index (Phi) is 4.29. The van der Waals surface area contributed by atoms with Gasteiger partial charge in [0.1, 0.15) is 0 Å². The maximum absolute atomic E-state index is 12.5. The van der Waals surface area contributed by atoms with Crippen molar-refractivity contribution in [2.45, 2.75) is 44.9 Å². The van der Waals surface area contributed by atoms with E-state index in [1.807, 2.05) is 11.8 Å². The monoisotopic (exact) mass is 339 g/mol. The predicted molar refractivity (Wildman–Crippen MR) is 78.6 cm³/mol. The molecular weight excluding hydrogens is 323 g/mol. The van der Waals surface area contributed by atoms with E-state index in [0.29, 0.717) is 24.6 Å². The largest absolute Gasteiger partial charge is 0.471 e. The fraction of sp³-hybridized carbons (Fsp3) is 0.438. The van der Waals surface area contributed by atoms with Crippen molar-refractivity contribution in [3.8, 4) is 11.4 Å². The van der Waals surface area contributed by atoms with Crippen molar-refractivity contribution < 1.29 is 22.5 Å². The minimum Gasteiger partial charge on any atom is -0.335 e. The quantitative estimate of drug-likeness (QED) is 0.834. The van der Waals surface area contributed by atoms with Gasteiger partial charge < -0.3 is 9.42 Å². The molecule has 0 radical (unpaired) electrons. The molecule has 0 bridgehead atoms. The van der Waals surface area contributed by atoms with E-state index in [9.17, 15) is 18.0 Å². The molecule has 5 nitrogen and oxygen atoms in total. The van der Waals surface area contributed by atoms with Gasteiger partial charge in [-0.1, -0.05) is 36.3 Å². The molecule has 3 rings (SSSR count). The summed E-state index contributed by atoms with van der Waals surface area (Å²) in [4.78, 5) is 17.2. The van der Waals surface area contributed by atoms with E-state index in [2.05, 4.69) is 14.7 Å². The predicted octanol–water partition coefficient (Wildman–Crippen LogP) is 3.66. The minimum atomic E-state index is -4.66. The van der Waals surface area contributed by atoms with Gasteiger partial charge in [0.05, 0.1) is 0 Å². The number of amides is 1. The molecule has 0 saturated heterocycles. The van der Waals surface area contributed by atoms with E-state index < -0.39 is 12.1 Å². The molecule has 1 heterocycles. The van der Waals surface area contributed by atoms with Crippen molar-refractivity contribution >= 4 is 5.91 Å². The second-order valence-corrected chi connectivity index (χ2v) is 5.72. The number of hydrogen-bond acceptors (Lipinski definition) is 4. The van der Waals surface area contributed by atoms with Crippen molar-refractivity contribution in [1.82, 2.24) is 15.0 Å². The minimum absolute atomic E-state index is 0.106. The zero-order valence-electron chi connectivity index (χ0n) is 13.0. The van der Waals surface area contributed by atoms with E-state index >= 15 is 0 Å². The van der Waals surface area contributed by atoms with Crippen LogP contribution in [0.3, 0.4) is 0 Å². The Morgan fingerprint density at radius 3 is 2.46 bits per heavy atom. The lowest BCUT2D eigenvalue weighted by Gasteiger charge is -2.22. The number of halogens is 3. The van der Waals surface area contributed by atoms with Crippen LogP contribution < -0.4 is 0 Å². The third kappa shape index (κ3) is 3.58. The van der Waals surface area contributed by atoms with E-state index in [1.54, 1.807) is 24.3 Å². The number of carbonyl (C=O) groups excluding carboxylic acids is 1. The lowest BCUT2D eigenvalue weighted by molar-refractivity contribution is -0.159. The van der Waals surface area contributed by atoms with Gasteiger partial charge in [-0.25, -0.2) is 0 Å². The van der Waals surface area contributed by atoms with Crippen molar-refractivity contribution in [1.29, 1.82) is 0 Å². The van der Waals surface area contributed by atoms with Crippen LogP contribution in [0.15, 0.2) is 28.8 Å². The van der Waals surface area contributed by atoms with E-state index in [1.165, 1.54) is 0 Å². The Morgan fingerprint density at radius 2 is 1.96 bits per heavy atom. The first-order valence-corrected chi connectivity index (χ1v) is 7.68. The summed E-state index contributed by atoms with van der Waals surface area (Å²) >= 11 is 0. The Balaban J connectivity index is 1.73. The van der Waals surface area contributed by atoms with Crippen LogP contribution in [0.1, 0.15) is 37.6 Å². The molecule has 1 fully saturated rings. The lowest BCUT2D eigenvalue weighted by Crippen LogP contribution is -2.31. The number of nitrogens with zero attached hydrogens (tertiary/aromatic N) is 3. The van der Waals surface area contributed by atoms with Crippen molar-refractivity contribution in [2.24, 2.45) is 0 Å². The molecule has 1 saturated carbocycles. The van der Waals surface area contributed by atoms with Gasteiger partial charge in [0.15, 0.2) is 0 Å². The fourth-order valence-electron chi connectivity index (χ4n) is 2.42. The number of alkyl halides is 3. The molecule has 8 heteroatoms. The molecule has 1 aliphatic rings. The van der Waals surface area contributed by atoms with Gasteiger partial charge in [0.25, 0.3) is 0 Å². The summed E-state index contributed by atoms with van der Waals surface area (Å²) in [5.41, 5.74) is 1.34. The van der Waals surface area contributed by atoms with Crippen LogP contribution in [-0.2, 0) is 17.5 Å². The zero-order chi connectivity index (χ0) is 17.3. The fourth-order valence-corrected chi connectivity index (χ4v) is 2.42. The number of carbonyl (C=O) groups is 1. The zero-order valence-corrected chi connectivity index (χ0v) is 13.0. The van der Waals surface area contributed by atoms with Crippen molar-refractivity contribution in [3.05, 3.63) is 35.7 Å². The molecule has 0 spiro atoms. The first-order chi connectivity index (χ1) is 11.4. The summed E-state index contributed by atoms with van der Waals surface area (Å²) in [6, 6.07) is 7.08. The molecule has 128 valence electrons. The maximum atomic E-state index is 12.5. The Hall–Kier alpha value is -2.38. The Morgan fingerprint density at radius 1 is 1.29 bits per heavy atom. The average Bonchev–Trinajstić information content (AvgIpc) is 3.26. The van der Waals surface area contributed by atoms with Gasteiger partial charge in [-0.3, -0.25) is 4.79 Å². The third-order valence-corrected chi connectivity index (χ3v) is 3.84. The molecule has 1 aliphatic carbocycles. The SMILES string of the molecule is CCC(=O)N(Cc1ccc(-c2noc(C(F)(F)F)n2)cc1)C1CC1. The summed E-state index contributed by atoms with van der Waals surface area (Å²) in [5.74, 6) is -1.37. The van der Waals surface area contributed by atoms with E-state index in [-0.39, 0.29) is 11.7 Å². The Labute approximate surface area is 136 Å². The molecule has 0 atom stereocenters. The van der Waals surface area contributed by atoms with Crippen LogP contribution >= 0.6 is 0 Å². The van der Waals surface area contributed by atoms with Crippen LogP contribution in [0, 0.1) is 0 Å². The smallest absolute Gasteiger partial charge is 0.335 e. The maximum Gasteiger partial charge on any atom is 0.471 e. The summed E-state index contributed by atoms with van der Waals surface area (Å²) in [7, 11) is 0. The number of aromatic nitrogens is 2. The highest BCUT2D eigenvalue weighted by atomic mass is 19.4. The van der Waals surface area contributed by atoms with Crippen LogP contribution in [-0.4, -0.2) is 27.0 Å². The van der Waals surface area contributed by atoms with Gasteiger partial charge >= 0.3 is 12.1 Å². The van der Waals surface area contributed by atoms with Gasteiger partial charge in [-0.2, -0.15) is 18.2 Å². The summed E-state index contributed by atoms with van der Waals surface area (Å²) in [5, 5.41) is 3.35. The van der Waals surface area contributed by atoms with Crippen LogP contribution in [0.4, 0.5) is 13.2 Å². The highest BCUT2D eigenvalue weighted by molar-refractivity contribution is 5.76. The van der Waals surface area contributed by atoms with Crippen LogP contribution in [0.5, 0.6) is 0 Å². The first-order valence-electron chi connectivity index (χ1n) is 7.68. The second-order valence-electron chi connectivity index (χ2n) is 5.72. The molecule has 0 unspecified atom stereocenters. The molecule has 1 amide bonds. The molecule has 1 aromatic carbocycles. The molecular formula is C16H16F3N3O2. The average molecular weight is 339 g/mol. The van der Waals surface area contributed by atoms with Crippen molar-refractivity contribution in [3.63, 3.8) is 0 Å². The lowest BCUT2D eigenvalue weighted by atomic mass is 10.1. The summed E-state index contributed by atoms with van der Waals surface area (Å²) < 4.78 is 41.7. The van der Waals surface area contributed by atoms with E-state index in [0.717, 1.165) is 18.4 Å². The van der Waals surface area contributed by atoms with Crippen LogP contribution in [0.2, 0.25) is 0 Å². The molecule has 24 heavy (non-hydrogen) atoms. The standard InChI is InChI=1S/C16H16F3N3O2/c1-2-13(23)22(12-7-8-12)9-10-3-5-11(6-4-10)14-20-15(24-21-14)16(17,18)19/h3-6,12H,2,7-9H2,1H3. The second kappa shape index (κ2) is 6.26. The Bertz CT molecular complexity index is 721. The number of benzene rings is 1. The van der Waals surface area contributed by atoms with Gasteiger partial charge in [-0.05, 0) is 18.4 Å². The summed E-state index contributed by atoms with van der Waals surface area (Å²) in [6.07, 6.45) is -2.16.